The minimum absolute atomic E-state index is 0. The molecule has 0 aromatic heterocycles. The molecule has 0 saturated carbocycles. The maximum atomic E-state index is 0. The standard InChI is InChI=1S/Ca.Co.Ni.2H2O.H/h;;;2*1H2;/q+1;;;;;/p-1. The molecule has 2 nitrogen and oxygen atoms in total. The van der Waals surface area contributed by atoms with Gasteiger partial charge in [0.05, 0.1) is 0 Å². The van der Waals surface area contributed by atoms with Crippen LogP contribution in [0.5, 0.6) is 0 Å². The van der Waals surface area contributed by atoms with Crippen molar-refractivity contribution in [1.29, 1.82) is 0 Å². The third-order valence-electron chi connectivity index (χ3n) is 0. The first-order valence-corrected chi connectivity index (χ1v) is 0. The molecule has 37 valence electrons. The molecule has 0 heterocycles. The van der Waals surface area contributed by atoms with Crippen LogP contribution >= 0.6 is 0 Å². The first-order valence-electron chi connectivity index (χ1n) is 0. The Kier molecular flexibility index (Phi) is 403. The zero-order valence-corrected chi connectivity index (χ0v) is 7.75. The molecule has 0 aliphatic rings. The van der Waals surface area contributed by atoms with Crippen molar-refractivity contribution in [2.45, 2.75) is 0 Å². The summed E-state index contributed by atoms with van der Waals surface area (Å²) in [6.07, 6.45) is 0. The molecule has 0 bridgehead atoms. The van der Waals surface area contributed by atoms with Gasteiger partial charge < -0.3 is 11.0 Å². The van der Waals surface area contributed by atoms with E-state index in [-0.39, 0.29) is 82.0 Å². The van der Waals surface area contributed by atoms with Gasteiger partial charge in [0.2, 0.25) is 0 Å². The summed E-state index contributed by atoms with van der Waals surface area (Å²) in [5.41, 5.74) is 0. The zero-order valence-electron chi connectivity index (χ0n) is 2.60. The van der Waals surface area contributed by atoms with Crippen LogP contribution in [0.2, 0.25) is 0 Å². The Bertz CT molecular complexity index is 9.61. The minimum atomic E-state index is 0. The summed E-state index contributed by atoms with van der Waals surface area (Å²) >= 11 is 0. The molecule has 5 heavy (non-hydrogen) atoms. The Morgan fingerprint density at radius 1 is 1.00 bits per heavy atom. The van der Waals surface area contributed by atoms with E-state index in [2.05, 4.69) is 0 Å². The molecular weight excluding hydrogens is 190 g/mol. The second-order valence-corrected chi connectivity index (χ2v) is 0. The molecule has 0 rings (SSSR count). The normalized spacial score (nSPS) is 0. The fourth-order valence-electron chi connectivity index (χ4n) is 0. The van der Waals surface area contributed by atoms with Crippen molar-refractivity contribution in [3.63, 3.8) is 0 Å². The SMILES string of the molecule is O.[CaH+].[Co].[Ni].[OH-]. The van der Waals surface area contributed by atoms with Crippen LogP contribution in [0.4, 0.5) is 0 Å². The van der Waals surface area contributed by atoms with E-state index in [9.17, 15) is 0 Å². The predicted octanol–water partition coefficient (Wildman–Crippen LogP) is -1.66. The van der Waals surface area contributed by atoms with E-state index in [1.807, 2.05) is 0 Å². The third-order valence-corrected chi connectivity index (χ3v) is 0. The minimum Gasteiger partial charge on any atom is -0.870 e. The van der Waals surface area contributed by atoms with Gasteiger partial charge >= 0.3 is 37.7 Å². The van der Waals surface area contributed by atoms with Gasteiger partial charge in [-0.2, -0.15) is 0 Å². The quantitative estimate of drug-likeness (QED) is 0.425. The van der Waals surface area contributed by atoms with Crippen molar-refractivity contribution in [1.82, 2.24) is 0 Å². The maximum absolute atomic E-state index is 0. The van der Waals surface area contributed by atoms with Crippen LogP contribution in [0.1, 0.15) is 0 Å². The van der Waals surface area contributed by atoms with Crippen molar-refractivity contribution in [3.05, 3.63) is 0 Å². The van der Waals surface area contributed by atoms with E-state index < -0.39 is 0 Å². The van der Waals surface area contributed by atoms with E-state index in [0.29, 0.717) is 0 Å². The van der Waals surface area contributed by atoms with Crippen molar-refractivity contribution in [2.24, 2.45) is 0 Å². The molecule has 0 amide bonds. The Labute approximate surface area is 80.8 Å². The Morgan fingerprint density at radius 3 is 1.00 bits per heavy atom. The summed E-state index contributed by atoms with van der Waals surface area (Å²) in [6.45, 7) is 0. The average molecular weight is 194 g/mol. The third kappa shape index (κ3) is 22.7. The van der Waals surface area contributed by atoms with E-state index >= 15 is 0 Å². The number of hydrogen-bond acceptors (Lipinski definition) is 1. The molecule has 0 aliphatic carbocycles. The summed E-state index contributed by atoms with van der Waals surface area (Å²) in [5, 5.41) is 0. The smallest absolute Gasteiger partial charge is 0 e. The van der Waals surface area contributed by atoms with E-state index in [0.717, 1.165) is 0 Å². The van der Waals surface area contributed by atoms with Crippen LogP contribution in [0, 0.1) is 0 Å². The molecule has 0 fully saturated rings. The summed E-state index contributed by atoms with van der Waals surface area (Å²) in [5.74, 6) is 0. The molecule has 5 heteroatoms. The average Bonchev–Trinajstić information content (AvgIpc) is 0. The Hall–Kier alpha value is 2.18. The van der Waals surface area contributed by atoms with E-state index in [1.165, 1.54) is 0 Å². The summed E-state index contributed by atoms with van der Waals surface area (Å²) in [6, 6.07) is 0. The zero-order chi connectivity index (χ0) is 0. The number of hydrogen-bond donors (Lipinski definition) is 0. The second-order valence-electron chi connectivity index (χ2n) is 0. The van der Waals surface area contributed by atoms with Gasteiger partial charge in [-0.1, -0.05) is 0 Å². The molecule has 0 spiro atoms. The van der Waals surface area contributed by atoms with E-state index in [1.54, 1.807) is 0 Å². The predicted molar refractivity (Wildman–Crippen MR) is 12.7 cm³/mol. The van der Waals surface area contributed by atoms with Gasteiger partial charge in [0, 0.05) is 33.3 Å². The van der Waals surface area contributed by atoms with Crippen LogP contribution in [0.3, 0.4) is 0 Å². The van der Waals surface area contributed by atoms with Crippen molar-refractivity contribution < 1.29 is 44.2 Å². The van der Waals surface area contributed by atoms with Gasteiger partial charge in [0.1, 0.15) is 0 Å². The molecule has 0 aliphatic heterocycles. The molecular formula is H4CaCoNiO2. The van der Waals surface area contributed by atoms with Gasteiger partial charge in [-0.25, -0.2) is 0 Å². The molecule has 0 atom stereocenters. The summed E-state index contributed by atoms with van der Waals surface area (Å²) < 4.78 is 0. The van der Waals surface area contributed by atoms with Crippen LogP contribution in [-0.2, 0) is 33.3 Å². The first kappa shape index (κ1) is 57.7. The fraction of sp³-hybridized carbons (Fsp3) is 0. The molecule has 1 radical (unpaired) electrons. The van der Waals surface area contributed by atoms with Crippen LogP contribution in [-0.4, -0.2) is 48.7 Å². The molecule has 0 unspecified atom stereocenters. The van der Waals surface area contributed by atoms with Gasteiger partial charge in [-0.3, -0.25) is 0 Å². The van der Waals surface area contributed by atoms with Crippen LogP contribution < -0.4 is 0 Å². The molecule has 0 aromatic rings. The monoisotopic (exact) mass is 193 g/mol. The Balaban J connectivity index is 0. The largest absolute Gasteiger partial charge is 0.870 e. The van der Waals surface area contributed by atoms with Crippen molar-refractivity contribution in [3.8, 4) is 0 Å². The van der Waals surface area contributed by atoms with Gasteiger partial charge in [0.15, 0.2) is 0 Å². The molecule has 3 N–H and O–H groups in total. The summed E-state index contributed by atoms with van der Waals surface area (Å²) in [4.78, 5) is 0. The van der Waals surface area contributed by atoms with Crippen molar-refractivity contribution in [2.75, 3.05) is 0 Å². The maximum Gasteiger partial charge on any atom is 0 e. The Morgan fingerprint density at radius 2 is 1.00 bits per heavy atom. The van der Waals surface area contributed by atoms with Crippen LogP contribution in [0.15, 0.2) is 0 Å². The first-order chi connectivity index (χ1) is 0. The van der Waals surface area contributed by atoms with Crippen LogP contribution in [0.25, 0.3) is 0 Å². The molecule has 0 saturated heterocycles. The number of rotatable bonds is 0. The van der Waals surface area contributed by atoms with Crippen molar-refractivity contribution >= 4 is 37.7 Å². The topological polar surface area (TPSA) is 61.5 Å². The fourth-order valence-corrected chi connectivity index (χ4v) is 0. The van der Waals surface area contributed by atoms with Gasteiger partial charge in [0.25, 0.3) is 0 Å². The van der Waals surface area contributed by atoms with Gasteiger partial charge in [-0.05, 0) is 0 Å². The second kappa shape index (κ2) is 34.9. The summed E-state index contributed by atoms with van der Waals surface area (Å²) in [7, 11) is 0. The van der Waals surface area contributed by atoms with E-state index in [4.69, 9.17) is 0 Å². The van der Waals surface area contributed by atoms with Gasteiger partial charge in [-0.15, -0.1) is 0 Å². The molecule has 0 aromatic carbocycles.